The van der Waals surface area contributed by atoms with Gasteiger partial charge in [0.05, 0.1) is 11.6 Å². The van der Waals surface area contributed by atoms with Gasteiger partial charge < -0.3 is 5.11 Å². The Hall–Kier alpha value is -1.34. The Kier molecular flexibility index (Phi) is 4.26. The van der Waals surface area contributed by atoms with Crippen molar-refractivity contribution in [1.82, 2.24) is 9.38 Å². The molecule has 2 heterocycles. The van der Waals surface area contributed by atoms with Crippen molar-refractivity contribution in [2.24, 2.45) is 5.92 Å². The van der Waals surface area contributed by atoms with E-state index in [0.717, 1.165) is 5.69 Å². The molecule has 5 nitrogen and oxygen atoms in total. The third-order valence-corrected chi connectivity index (χ3v) is 4.85. The number of hydrogen-bond donors (Lipinski definition) is 1. The van der Waals surface area contributed by atoms with Crippen molar-refractivity contribution >= 4 is 34.0 Å². The van der Waals surface area contributed by atoms with Crippen molar-refractivity contribution in [3.05, 3.63) is 33.2 Å². The van der Waals surface area contributed by atoms with E-state index in [4.69, 9.17) is 5.11 Å². The van der Waals surface area contributed by atoms with Crippen LogP contribution in [0.15, 0.2) is 16.2 Å². The summed E-state index contributed by atoms with van der Waals surface area (Å²) in [5.41, 5.74) is 1.51. The van der Waals surface area contributed by atoms with Crippen LogP contribution in [-0.2, 0) is 10.5 Å². The zero-order valence-corrected chi connectivity index (χ0v) is 12.3. The minimum absolute atomic E-state index is 0.0781. The Bertz CT molecular complexity index is 663. The van der Waals surface area contributed by atoms with Crippen LogP contribution in [0.2, 0.25) is 0 Å². The van der Waals surface area contributed by atoms with Gasteiger partial charge in [-0.1, -0.05) is 6.92 Å². The van der Waals surface area contributed by atoms with E-state index in [0.29, 0.717) is 22.2 Å². The van der Waals surface area contributed by atoms with Crippen LogP contribution in [0, 0.1) is 12.8 Å². The van der Waals surface area contributed by atoms with Crippen LogP contribution in [0.1, 0.15) is 18.3 Å². The minimum Gasteiger partial charge on any atom is -0.481 e. The molecular formula is C12H14N2O3S2. The van der Waals surface area contributed by atoms with Crippen LogP contribution >= 0.6 is 23.1 Å². The highest BCUT2D eigenvalue weighted by molar-refractivity contribution is 7.98. The van der Waals surface area contributed by atoms with Crippen LogP contribution in [0.4, 0.5) is 0 Å². The molecule has 0 aliphatic carbocycles. The third kappa shape index (κ3) is 3.16. The molecule has 0 saturated heterocycles. The number of carboxylic acids is 1. The molecular weight excluding hydrogens is 284 g/mol. The first kappa shape index (κ1) is 14.1. The average Bonchev–Trinajstić information content (AvgIpc) is 2.71. The SMILES string of the molecule is Cc1csc2nc(CSCC(C)C(=O)O)cc(=O)n12. The Labute approximate surface area is 118 Å². The summed E-state index contributed by atoms with van der Waals surface area (Å²) in [4.78, 5) is 27.7. The fourth-order valence-electron chi connectivity index (χ4n) is 1.59. The minimum atomic E-state index is -0.801. The number of aromatic nitrogens is 2. The van der Waals surface area contributed by atoms with E-state index in [1.165, 1.54) is 29.2 Å². The van der Waals surface area contributed by atoms with Gasteiger partial charge in [0.15, 0.2) is 4.96 Å². The molecule has 0 aliphatic rings. The van der Waals surface area contributed by atoms with Crippen LogP contribution in [0.3, 0.4) is 0 Å². The molecule has 2 aromatic rings. The molecule has 0 fully saturated rings. The lowest BCUT2D eigenvalue weighted by atomic mass is 10.2. The molecule has 7 heteroatoms. The quantitative estimate of drug-likeness (QED) is 0.914. The van der Waals surface area contributed by atoms with Gasteiger partial charge in [-0.2, -0.15) is 11.8 Å². The van der Waals surface area contributed by atoms with Crippen LogP contribution in [-0.4, -0.2) is 26.2 Å². The molecule has 19 heavy (non-hydrogen) atoms. The maximum Gasteiger partial charge on any atom is 0.307 e. The summed E-state index contributed by atoms with van der Waals surface area (Å²) in [7, 11) is 0. The van der Waals surface area contributed by atoms with Crippen molar-refractivity contribution in [3.8, 4) is 0 Å². The van der Waals surface area contributed by atoms with Crippen molar-refractivity contribution < 1.29 is 9.90 Å². The second-order valence-electron chi connectivity index (χ2n) is 4.34. The van der Waals surface area contributed by atoms with Crippen LogP contribution in [0.25, 0.3) is 4.96 Å². The lowest BCUT2D eigenvalue weighted by Crippen LogP contribution is -2.15. The van der Waals surface area contributed by atoms with Crippen molar-refractivity contribution in [2.45, 2.75) is 19.6 Å². The molecule has 2 aromatic heterocycles. The summed E-state index contributed by atoms with van der Waals surface area (Å²) >= 11 is 2.92. The second-order valence-corrected chi connectivity index (χ2v) is 6.20. The number of hydrogen-bond acceptors (Lipinski definition) is 5. The van der Waals surface area contributed by atoms with E-state index in [2.05, 4.69) is 4.98 Å². The zero-order valence-electron chi connectivity index (χ0n) is 10.6. The van der Waals surface area contributed by atoms with Crippen molar-refractivity contribution in [3.63, 3.8) is 0 Å². The Morgan fingerprint density at radius 3 is 3.05 bits per heavy atom. The maximum absolute atomic E-state index is 11.9. The number of aryl methyl sites for hydroxylation is 1. The van der Waals surface area contributed by atoms with Crippen LogP contribution in [0.5, 0.6) is 0 Å². The molecule has 0 aliphatic heterocycles. The summed E-state index contributed by atoms with van der Waals surface area (Å²) in [5, 5.41) is 10.7. The van der Waals surface area contributed by atoms with Gasteiger partial charge in [0.2, 0.25) is 0 Å². The fraction of sp³-hybridized carbons (Fsp3) is 0.417. The molecule has 0 spiro atoms. The van der Waals surface area contributed by atoms with Crippen molar-refractivity contribution in [2.75, 3.05) is 5.75 Å². The predicted octanol–water partition coefficient (Wildman–Crippen LogP) is 2.02. The second kappa shape index (κ2) is 5.75. The third-order valence-electron chi connectivity index (χ3n) is 2.67. The normalized spacial score (nSPS) is 12.7. The maximum atomic E-state index is 11.9. The van der Waals surface area contributed by atoms with E-state index in [9.17, 15) is 9.59 Å². The highest BCUT2D eigenvalue weighted by Gasteiger charge is 2.11. The van der Waals surface area contributed by atoms with E-state index < -0.39 is 5.97 Å². The number of nitrogens with zero attached hydrogens (tertiary/aromatic N) is 2. The number of thiazole rings is 1. The summed E-state index contributed by atoms with van der Waals surface area (Å²) in [6.45, 7) is 3.54. The highest BCUT2D eigenvalue weighted by Crippen LogP contribution is 2.16. The average molecular weight is 298 g/mol. The number of rotatable bonds is 5. The topological polar surface area (TPSA) is 71.7 Å². The first-order chi connectivity index (χ1) is 8.99. The number of aliphatic carboxylic acids is 1. The molecule has 0 amide bonds. The number of fused-ring (bicyclic) bond motifs is 1. The highest BCUT2D eigenvalue weighted by atomic mass is 32.2. The number of carboxylic acid groups (broad SMARTS) is 1. The summed E-state index contributed by atoms with van der Waals surface area (Å²) in [6.07, 6.45) is 0. The first-order valence-corrected chi connectivity index (χ1v) is 7.80. The summed E-state index contributed by atoms with van der Waals surface area (Å²) in [5.74, 6) is -0.121. The summed E-state index contributed by atoms with van der Waals surface area (Å²) in [6, 6.07) is 1.52. The van der Waals surface area contributed by atoms with Gasteiger partial charge in [-0.25, -0.2) is 4.98 Å². The largest absolute Gasteiger partial charge is 0.481 e. The molecule has 1 N–H and O–H groups in total. The van der Waals surface area contributed by atoms with Gasteiger partial charge in [-0.05, 0) is 6.92 Å². The van der Waals surface area contributed by atoms with E-state index in [-0.39, 0.29) is 11.5 Å². The Balaban J connectivity index is 2.10. The molecule has 102 valence electrons. The lowest BCUT2D eigenvalue weighted by molar-refractivity contribution is -0.140. The molecule has 0 saturated carbocycles. The molecule has 0 aromatic carbocycles. The standard InChI is InChI=1S/C12H14N2O3S2/c1-7(11(16)17)4-18-6-9-3-10(15)14-8(2)5-19-12(14)13-9/h3,5,7H,4,6H2,1-2H3,(H,16,17). The van der Waals surface area contributed by atoms with Gasteiger partial charge in [-0.15, -0.1) is 11.3 Å². The first-order valence-electron chi connectivity index (χ1n) is 5.76. The van der Waals surface area contributed by atoms with E-state index in [1.807, 2.05) is 12.3 Å². The molecule has 1 unspecified atom stereocenters. The zero-order chi connectivity index (χ0) is 14.0. The van der Waals surface area contributed by atoms with E-state index >= 15 is 0 Å². The van der Waals surface area contributed by atoms with Crippen molar-refractivity contribution in [1.29, 1.82) is 0 Å². The van der Waals surface area contributed by atoms with Gasteiger partial charge in [-0.3, -0.25) is 14.0 Å². The Morgan fingerprint density at radius 2 is 2.37 bits per heavy atom. The molecule has 2 rings (SSSR count). The smallest absolute Gasteiger partial charge is 0.307 e. The van der Waals surface area contributed by atoms with Gasteiger partial charge in [0.1, 0.15) is 0 Å². The van der Waals surface area contributed by atoms with Gasteiger partial charge in [0.25, 0.3) is 5.56 Å². The van der Waals surface area contributed by atoms with Gasteiger partial charge in [0, 0.05) is 28.6 Å². The molecule has 0 bridgehead atoms. The molecule has 1 atom stereocenters. The van der Waals surface area contributed by atoms with Crippen LogP contribution < -0.4 is 5.56 Å². The van der Waals surface area contributed by atoms with E-state index in [1.54, 1.807) is 11.3 Å². The monoisotopic (exact) mass is 298 g/mol. The summed E-state index contributed by atoms with van der Waals surface area (Å²) < 4.78 is 1.58. The lowest BCUT2D eigenvalue weighted by Gasteiger charge is -2.05. The number of thioether (sulfide) groups is 1. The Morgan fingerprint density at radius 1 is 1.63 bits per heavy atom. The predicted molar refractivity (Wildman–Crippen MR) is 77.0 cm³/mol. The fourth-order valence-corrected chi connectivity index (χ4v) is 3.45. The number of carbonyl (C=O) groups is 1. The molecule has 0 radical (unpaired) electrons. The van der Waals surface area contributed by atoms with Gasteiger partial charge >= 0.3 is 5.97 Å².